The van der Waals surface area contributed by atoms with Gasteiger partial charge in [0.25, 0.3) is 0 Å². The molecule has 1 unspecified atom stereocenters. The number of nitrogens with two attached hydrogens (primary N) is 2. The van der Waals surface area contributed by atoms with E-state index in [9.17, 15) is 0 Å². The third kappa shape index (κ3) is 1.52. The van der Waals surface area contributed by atoms with Gasteiger partial charge in [0.15, 0.2) is 0 Å². The van der Waals surface area contributed by atoms with Crippen LogP contribution in [-0.4, -0.2) is 11.5 Å². The van der Waals surface area contributed by atoms with E-state index in [-0.39, 0.29) is 6.04 Å². The van der Waals surface area contributed by atoms with Crippen molar-refractivity contribution in [3.05, 3.63) is 30.1 Å². The van der Waals surface area contributed by atoms with Gasteiger partial charge in [0.1, 0.15) is 0 Å². The van der Waals surface area contributed by atoms with Gasteiger partial charge in [0, 0.05) is 25.0 Å². The van der Waals surface area contributed by atoms with Gasteiger partial charge in [-0.15, -0.1) is 0 Å². The average Bonchev–Trinajstić information content (AvgIpc) is 2.05. The lowest BCUT2D eigenvalue weighted by molar-refractivity contribution is 0.735. The Balaban J connectivity index is 2.75. The molecular weight excluding hydrogens is 126 g/mol. The number of aromatic nitrogens is 1. The van der Waals surface area contributed by atoms with Crippen molar-refractivity contribution in [2.24, 2.45) is 11.5 Å². The van der Waals surface area contributed by atoms with Crippen LogP contribution in [0.3, 0.4) is 0 Å². The van der Waals surface area contributed by atoms with Crippen LogP contribution in [0.5, 0.6) is 0 Å². The van der Waals surface area contributed by atoms with Crippen molar-refractivity contribution in [3.63, 3.8) is 0 Å². The zero-order chi connectivity index (χ0) is 7.40. The highest BCUT2D eigenvalue weighted by atomic mass is 14.7. The molecule has 0 radical (unpaired) electrons. The Kier molecular flexibility index (Phi) is 2.36. The summed E-state index contributed by atoms with van der Waals surface area (Å²) in [6, 6.07) is 3.69. The maximum absolute atomic E-state index is 5.64. The Morgan fingerprint density at radius 3 is 2.50 bits per heavy atom. The van der Waals surface area contributed by atoms with E-state index in [0.717, 1.165) is 5.56 Å². The largest absolute Gasteiger partial charge is 0.329 e. The minimum Gasteiger partial charge on any atom is -0.329 e. The first-order chi connectivity index (χ1) is 4.84. The van der Waals surface area contributed by atoms with Crippen LogP contribution in [0.4, 0.5) is 0 Å². The molecule has 0 aliphatic rings. The predicted octanol–water partition coefficient (Wildman–Crippen LogP) is 0.0401. The van der Waals surface area contributed by atoms with E-state index in [1.165, 1.54) is 0 Å². The second-order valence-electron chi connectivity index (χ2n) is 2.12. The fourth-order valence-electron chi connectivity index (χ4n) is 0.747. The van der Waals surface area contributed by atoms with Gasteiger partial charge in [0.05, 0.1) is 0 Å². The summed E-state index contributed by atoms with van der Waals surface area (Å²) in [5, 5.41) is 0. The van der Waals surface area contributed by atoms with Crippen molar-refractivity contribution < 1.29 is 0 Å². The molecule has 3 nitrogen and oxygen atoms in total. The molecule has 1 rings (SSSR count). The molecular formula is C7H11N3. The molecule has 0 fully saturated rings. The Bertz CT molecular complexity index is 185. The van der Waals surface area contributed by atoms with Crippen LogP contribution in [0.1, 0.15) is 11.6 Å². The smallest absolute Gasteiger partial charge is 0.0420 e. The van der Waals surface area contributed by atoms with E-state index in [2.05, 4.69) is 4.98 Å². The van der Waals surface area contributed by atoms with Gasteiger partial charge < -0.3 is 11.5 Å². The van der Waals surface area contributed by atoms with E-state index < -0.39 is 0 Å². The second-order valence-corrected chi connectivity index (χ2v) is 2.12. The molecule has 1 aromatic rings. The van der Waals surface area contributed by atoms with Gasteiger partial charge in [-0.1, -0.05) is 0 Å². The maximum Gasteiger partial charge on any atom is 0.0420 e. The number of hydrogen-bond donors (Lipinski definition) is 2. The third-order valence-corrected chi connectivity index (χ3v) is 1.39. The van der Waals surface area contributed by atoms with Crippen LogP contribution in [0, 0.1) is 0 Å². The highest BCUT2D eigenvalue weighted by Crippen LogP contribution is 2.04. The summed E-state index contributed by atoms with van der Waals surface area (Å²) in [6.45, 7) is 0.476. The molecule has 0 amide bonds. The van der Waals surface area contributed by atoms with Crippen molar-refractivity contribution in [3.8, 4) is 0 Å². The van der Waals surface area contributed by atoms with Crippen LogP contribution in [0.15, 0.2) is 24.5 Å². The van der Waals surface area contributed by atoms with Crippen LogP contribution in [-0.2, 0) is 0 Å². The number of nitrogens with zero attached hydrogens (tertiary/aromatic N) is 1. The minimum atomic E-state index is -0.0528. The molecule has 0 bridgehead atoms. The summed E-state index contributed by atoms with van der Waals surface area (Å²) in [4.78, 5) is 3.87. The summed E-state index contributed by atoms with van der Waals surface area (Å²) in [7, 11) is 0. The quantitative estimate of drug-likeness (QED) is 0.605. The van der Waals surface area contributed by atoms with Crippen molar-refractivity contribution in [2.75, 3.05) is 6.54 Å². The van der Waals surface area contributed by atoms with Gasteiger partial charge in [0.2, 0.25) is 0 Å². The van der Waals surface area contributed by atoms with E-state index in [0.29, 0.717) is 6.54 Å². The first kappa shape index (κ1) is 7.18. The first-order valence-corrected chi connectivity index (χ1v) is 3.20. The molecule has 0 aliphatic carbocycles. The predicted molar refractivity (Wildman–Crippen MR) is 40.2 cm³/mol. The average molecular weight is 137 g/mol. The Labute approximate surface area is 60.1 Å². The van der Waals surface area contributed by atoms with Gasteiger partial charge in [-0.3, -0.25) is 4.98 Å². The number of pyridine rings is 1. The monoisotopic (exact) mass is 137 g/mol. The van der Waals surface area contributed by atoms with E-state index in [1.807, 2.05) is 12.1 Å². The van der Waals surface area contributed by atoms with Crippen molar-refractivity contribution >= 4 is 0 Å². The highest BCUT2D eigenvalue weighted by Gasteiger charge is 1.99. The summed E-state index contributed by atoms with van der Waals surface area (Å²) in [5.41, 5.74) is 12.0. The van der Waals surface area contributed by atoms with Crippen molar-refractivity contribution in [2.45, 2.75) is 6.04 Å². The lowest BCUT2D eigenvalue weighted by Gasteiger charge is -2.06. The third-order valence-electron chi connectivity index (χ3n) is 1.39. The van der Waals surface area contributed by atoms with Crippen LogP contribution < -0.4 is 11.5 Å². The summed E-state index contributed by atoms with van der Waals surface area (Å²) in [6.07, 6.45) is 3.43. The SMILES string of the molecule is NCC(N)c1ccncc1. The normalized spacial score (nSPS) is 13.0. The minimum absolute atomic E-state index is 0.0528. The molecule has 54 valence electrons. The zero-order valence-electron chi connectivity index (χ0n) is 5.70. The van der Waals surface area contributed by atoms with Gasteiger partial charge in [-0.05, 0) is 17.7 Å². The Morgan fingerprint density at radius 2 is 2.00 bits per heavy atom. The highest BCUT2D eigenvalue weighted by molar-refractivity contribution is 5.14. The Hall–Kier alpha value is -0.930. The second kappa shape index (κ2) is 3.29. The molecule has 0 saturated heterocycles. The molecule has 1 heterocycles. The number of hydrogen-bond acceptors (Lipinski definition) is 3. The van der Waals surface area contributed by atoms with Crippen molar-refractivity contribution in [1.29, 1.82) is 0 Å². The topological polar surface area (TPSA) is 64.9 Å². The molecule has 3 heteroatoms. The lowest BCUT2D eigenvalue weighted by atomic mass is 10.1. The first-order valence-electron chi connectivity index (χ1n) is 3.20. The summed E-state index contributed by atoms with van der Waals surface area (Å²) in [5.74, 6) is 0. The molecule has 1 atom stereocenters. The Morgan fingerprint density at radius 1 is 1.40 bits per heavy atom. The summed E-state index contributed by atoms with van der Waals surface area (Å²) >= 11 is 0. The van der Waals surface area contributed by atoms with E-state index in [1.54, 1.807) is 12.4 Å². The van der Waals surface area contributed by atoms with E-state index >= 15 is 0 Å². The summed E-state index contributed by atoms with van der Waals surface area (Å²) < 4.78 is 0. The molecule has 4 N–H and O–H groups in total. The van der Waals surface area contributed by atoms with Crippen LogP contribution >= 0.6 is 0 Å². The molecule has 0 saturated carbocycles. The maximum atomic E-state index is 5.64. The van der Waals surface area contributed by atoms with Gasteiger partial charge >= 0.3 is 0 Å². The molecule has 0 spiro atoms. The van der Waals surface area contributed by atoms with E-state index in [4.69, 9.17) is 11.5 Å². The lowest BCUT2D eigenvalue weighted by Crippen LogP contribution is -2.20. The fraction of sp³-hybridized carbons (Fsp3) is 0.286. The van der Waals surface area contributed by atoms with Gasteiger partial charge in [-0.2, -0.15) is 0 Å². The van der Waals surface area contributed by atoms with Gasteiger partial charge in [-0.25, -0.2) is 0 Å². The standard InChI is InChI=1S/C7H11N3/c8-5-7(9)6-1-3-10-4-2-6/h1-4,7H,5,8-9H2. The zero-order valence-corrected chi connectivity index (χ0v) is 5.70. The van der Waals surface area contributed by atoms with Crippen LogP contribution in [0.2, 0.25) is 0 Å². The molecule has 10 heavy (non-hydrogen) atoms. The fourth-order valence-corrected chi connectivity index (χ4v) is 0.747. The molecule has 0 aliphatic heterocycles. The molecule has 0 aromatic carbocycles. The molecule has 1 aromatic heterocycles. The number of rotatable bonds is 2. The van der Waals surface area contributed by atoms with Crippen molar-refractivity contribution in [1.82, 2.24) is 4.98 Å². The van der Waals surface area contributed by atoms with Crippen LogP contribution in [0.25, 0.3) is 0 Å².